The fourth-order valence-corrected chi connectivity index (χ4v) is 4.57. The molecular weight excluding hydrogens is 394 g/mol. The Kier molecular flexibility index (Phi) is 6.25. The summed E-state index contributed by atoms with van der Waals surface area (Å²) in [6, 6.07) is 16.8. The quantitative estimate of drug-likeness (QED) is 0.694. The van der Waals surface area contributed by atoms with Crippen LogP contribution in [-0.4, -0.2) is 70.6 Å². The van der Waals surface area contributed by atoms with E-state index in [4.69, 9.17) is 4.74 Å². The van der Waals surface area contributed by atoms with Crippen LogP contribution in [0.25, 0.3) is 0 Å². The van der Waals surface area contributed by atoms with E-state index in [0.29, 0.717) is 26.0 Å². The molecule has 0 aromatic heterocycles. The van der Waals surface area contributed by atoms with Crippen LogP contribution in [0.4, 0.5) is 4.79 Å². The number of carbonyl (C=O) groups is 2. The summed E-state index contributed by atoms with van der Waals surface area (Å²) in [4.78, 5) is 32.1. The highest BCUT2D eigenvalue weighted by Gasteiger charge is 2.57. The van der Waals surface area contributed by atoms with E-state index >= 15 is 0 Å². The van der Waals surface area contributed by atoms with Crippen molar-refractivity contribution in [2.75, 3.05) is 33.4 Å². The van der Waals surface area contributed by atoms with Gasteiger partial charge in [0.25, 0.3) is 5.91 Å². The van der Waals surface area contributed by atoms with Crippen LogP contribution < -0.4 is 0 Å². The molecule has 2 aromatic carbocycles. The number of ether oxygens (including phenoxy) is 1. The van der Waals surface area contributed by atoms with Gasteiger partial charge in [0.15, 0.2) is 0 Å². The first-order chi connectivity index (χ1) is 15.0. The minimum atomic E-state index is -0.799. The number of amides is 3. The molecular formula is C24H29N3O4. The summed E-state index contributed by atoms with van der Waals surface area (Å²) in [6.45, 7) is 3.24. The van der Waals surface area contributed by atoms with Crippen LogP contribution in [0.15, 0.2) is 54.6 Å². The lowest BCUT2D eigenvalue weighted by Crippen LogP contribution is -2.56. The standard InChI is InChI=1S/C24H29N3O4/c1-31-16-15-26-22(29)24(27(23(26)30)18-19-5-3-2-4-6-19)11-13-25(14-12-24)17-20-7-9-21(28)10-8-20/h2-10,28H,11-18H2,1H3. The van der Waals surface area contributed by atoms with Gasteiger partial charge in [0.1, 0.15) is 11.3 Å². The Morgan fingerprint density at radius 3 is 2.23 bits per heavy atom. The van der Waals surface area contributed by atoms with Gasteiger partial charge in [0.05, 0.1) is 13.2 Å². The number of carbonyl (C=O) groups excluding carboxylic acids is 2. The monoisotopic (exact) mass is 423 g/mol. The van der Waals surface area contributed by atoms with Crippen molar-refractivity contribution in [1.29, 1.82) is 0 Å². The molecule has 31 heavy (non-hydrogen) atoms. The number of phenolic OH excluding ortho intramolecular Hbond substituents is 1. The highest BCUT2D eigenvalue weighted by molar-refractivity contribution is 6.07. The molecule has 3 amide bonds. The number of phenols is 1. The zero-order valence-corrected chi connectivity index (χ0v) is 17.9. The first-order valence-corrected chi connectivity index (χ1v) is 10.7. The number of nitrogens with zero attached hydrogens (tertiary/aromatic N) is 3. The van der Waals surface area contributed by atoms with Gasteiger partial charge in [-0.05, 0) is 36.1 Å². The SMILES string of the molecule is COCCN1C(=O)N(Cc2ccccc2)C2(CCN(Cc3ccc(O)cc3)CC2)C1=O. The molecule has 0 bridgehead atoms. The van der Waals surface area contributed by atoms with E-state index < -0.39 is 5.54 Å². The first kappa shape index (κ1) is 21.3. The van der Waals surface area contributed by atoms with Crippen LogP contribution in [-0.2, 0) is 22.6 Å². The van der Waals surface area contributed by atoms with Gasteiger partial charge < -0.3 is 14.7 Å². The molecule has 2 fully saturated rings. The highest BCUT2D eigenvalue weighted by atomic mass is 16.5. The molecule has 4 rings (SSSR count). The van der Waals surface area contributed by atoms with Gasteiger partial charge in [0.2, 0.25) is 0 Å². The minimum Gasteiger partial charge on any atom is -0.508 e. The molecule has 1 spiro atoms. The third-order valence-electron chi connectivity index (χ3n) is 6.35. The molecule has 2 saturated heterocycles. The van der Waals surface area contributed by atoms with E-state index in [2.05, 4.69) is 4.90 Å². The highest BCUT2D eigenvalue weighted by Crippen LogP contribution is 2.38. The molecule has 2 heterocycles. The maximum atomic E-state index is 13.5. The predicted octanol–water partition coefficient (Wildman–Crippen LogP) is 2.84. The van der Waals surface area contributed by atoms with Crippen LogP contribution in [0.5, 0.6) is 5.75 Å². The molecule has 0 unspecified atom stereocenters. The third kappa shape index (κ3) is 4.29. The molecule has 2 aliphatic heterocycles. The first-order valence-electron chi connectivity index (χ1n) is 10.7. The number of hydrogen-bond acceptors (Lipinski definition) is 5. The molecule has 0 atom stereocenters. The van der Waals surface area contributed by atoms with Gasteiger partial charge in [-0.15, -0.1) is 0 Å². The largest absolute Gasteiger partial charge is 0.508 e. The number of aromatic hydroxyl groups is 1. The summed E-state index contributed by atoms with van der Waals surface area (Å²) >= 11 is 0. The van der Waals surface area contributed by atoms with Gasteiger partial charge in [-0.1, -0.05) is 42.5 Å². The Morgan fingerprint density at radius 2 is 1.58 bits per heavy atom. The van der Waals surface area contributed by atoms with E-state index in [1.54, 1.807) is 24.1 Å². The summed E-state index contributed by atoms with van der Waals surface area (Å²) in [5.41, 5.74) is 1.33. The van der Waals surface area contributed by atoms with Gasteiger partial charge in [-0.25, -0.2) is 4.79 Å². The van der Waals surface area contributed by atoms with Crippen molar-refractivity contribution in [3.05, 3.63) is 65.7 Å². The molecule has 0 saturated carbocycles. The van der Waals surface area contributed by atoms with E-state index in [1.165, 1.54) is 4.90 Å². The van der Waals surface area contributed by atoms with Gasteiger partial charge in [0, 0.05) is 33.3 Å². The number of rotatable bonds is 7. The third-order valence-corrected chi connectivity index (χ3v) is 6.35. The van der Waals surface area contributed by atoms with Crippen molar-refractivity contribution < 1.29 is 19.4 Å². The molecule has 7 nitrogen and oxygen atoms in total. The Balaban J connectivity index is 1.52. The summed E-state index contributed by atoms with van der Waals surface area (Å²) in [5.74, 6) is 0.152. The number of urea groups is 1. The van der Waals surface area contributed by atoms with E-state index in [-0.39, 0.29) is 24.2 Å². The summed E-state index contributed by atoms with van der Waals surface area (Å²) in [6.07, 6.45) is 1.21. The van der Waals surface area contributed by atoms with E-state index in [1.807, 2.05) is 42.5 Å². The van der Waals surface area contributed by atoms with Crippen LogP contribution >= 0.6 is 0 Å². The average molecular weight is 424 g/mol. The van der Waals surface area contributed by atoms with Crippen molar-refractivity contribution in [3.63, 3.8) is 0 Å². The fourth-order valence-electron chi connectivity index (χ4n) is 4.57. The number of imide groups is 1. The summed E-state index contributed by atoms with van der Waals surface area (Å²) < 4.78 is 5.13. The maximum Gasteiger partial charge on any atom is 0.328 e. The molecule has 0 aliphatic carbocycles. The maximum absolute atomic E-state index is 13.5. The van der Waals surface area contributed by atoms with Crippen LogP contribution in [0.2, 0.25) is 0 Å². The zero-order chi connectivity index (χ0) is 21.8. The fraction of sp³-hybridized carbons (Fsp3) is 0.417. The van der Waals surface area contributed by atoms with Crippen molar-refractivity contribution in [1.82, 2.24) is 14.7 Å². The topological polar surface area (TPSA) is 73.3 Å². The smallest absolute Gasteiger partial charge is 0.328 e. The van der Waals surface area contributed by atoms with Crippen molar-refractivity contribution >= 4 is 11.9 Å². The second kappa shape index (κ2) is 9.08. The molecule has 164 valence electrons. The van der Waals surface area contributed by atoms with Crippen LogP contribution in [0.1, 0.15) is 24.0 Å². The molecule has 1 N–H and O–H groups in total. The average Bonchev–Trinajstić information content (AvgIpc) is 2.97. The van der Waals surface area contributed by atoms with Crippen LogP contribution in [0.3, 0.4) is 0 Å². The molecule has 2 aliphatic rings. The number of hydrogen-bond donors (Lipinski definition) is 1. The molecule has 2 aromatic rings. The number of methoxy groups -OCH3 is 1. The minimum absolute atomic E-state index is 0.102. The lowest BCUT2D eigenvalue weighted by atomic mass is 9.85. The molecule has 0 radical (unpaired) electrons. The Bertz CT molecular complexity index is 908. The van der Waals surface area contributed by atoms with Crippen molar-refractivity contribution in [3.8, 4) is 5.75 Å². The Morgan fingerprint density at radius 1 is 0.935 bits per heavy atom. The molecule has 7 heteroatoms. The van der Waals surface area contributed by atoms with Gasteiger partial charge >= 0.3 is 6.03 Å². The predicted molar refractivity (Wildman–Crippen MR) is 116 cm³/mol. The normalized spacial score (nSPS) is 18.9. The van der Waals surface area contributed by atoms with E-state index in [9.17, 15) is 14.7 Å². The number of piperidine rings is 1. The Labute approximate surface area is 182 Å². The lowest BCUT2D eigenvalue weighted by molar-refractivity contribution is -0.136. The second-order valence-corrected chi connectivity index (χ2v) is 8.28. The summed E-state index contributed by atoms with van der Waals surface area (Å²) in [7, 11) is 1.57. The van der Waals surface area contributed by atoms with Crippen molar-refractivity contribution in [2.24, 2.45) is 0 Å². The zero-order valence-electron chi connectivity index (χ0n) is 17.9. The Hall–Kier alpha value is -2.90. The van der Waals surface area contributed by atoms with E-state index in [0.717, 1.165) is 30.8 Å². The van der Waals surface area contributed by atoms with Gasteiger partial charge in [-0.2, -0.15) is 0 Å². The number of likely N-dealkylation sites (tertiary alicyclic amines) is 1. The lowest BCUT2D eigenvalue weighted by Gasteiger charge is -2.42. The van der Waals surface area contributed by atoms with Crippen molar-refractivity contribution in [2.45, 2.75) is 31.5 Å². The number of benzene rings is 2. The van der Waals surface area contributed by atoms with Crippen LogP contribution in [0, 0.1) is 0 Å². The second-order valence-electron chi connectivity index (χ2n) is 8.28. The summed E-state index contributed by atoms with van der Waals surface area (Å²) in [5, 5.41) is 9.49. The van der Waals surface area contributed by atoms with Gasteiger partial charge in [-0.3, -0.25) is 14.6 Å².